The van der Waals surface area contributed by atoms with E-state index in [1.807, 2.05) is 0 Å². The van der Waals surface area contributed by atoms with Gasteiger partial charge in [-0.25, -0.2) is 0 Å². The highest BCUT2D eigenvalue weighted by molar-refractivity contribution is 5.38. The van der Waals surface area contributed by atoms with Crippen LogP contribution in [0, 0.1) is 26.7 Å². The number of ether oxygens (including phenoxy) is 1. The van der Waals surface area contributed by atoms with Crippen LogP contribution >= 0.6 is 0 Å². The van der Waals surface area contributed by atoms with Crippen molar-refractivity contribution in [2.24, 2.45) is 5.92 Å². The van der Waals surface area contributed by atoms with Crippen LogP contribution in [-0.2, 0) is 4.74 Å². The molecule has 2 atom stereocenters. The molecule has 1 heterocycles. The second-order valence-electron chi connectivity index (χ2n) is 5.60. The fourth-order valence-electron chi connectivity index (χ4n) is 2.86. The summed E-state index contributed by atoms with van der Waals surface area (Å²) < 4.78 is 5.48. The molecule has 18 heavy (non-hydrogen) atoms. The smallest absolute Gasteiger partial charge is 0.0495 e. The molecule has 100 valence electrons. The lowest BCUT2D eigenvalue weighted by atomic mass is 9.89. The van der Waals surface area contributed by atoms with Crippen molar-refractivity contribution in [3.05, 3.63) is 34.4 Å². The summed E-state index contributed by atoms with van der Waals surface area (Å²) in [5.41, 5.74) is 5.62. The lowest BCUT2D eigenvalue weighted by molar-refractivity contribution is 0.181. The average molecular weight is 247 g/mol. The summed E-state index contributed by atoms with van der Waals surface area (Å²) >= 11 is 0. The molecular weight excluding hydrogens is 222 g/mol. The predicted octanol–water partition coefficient (Wildman–Crippen LogP) is 3.30. The Morgan fingerprint density at radius 1 is 1.22 bits per heavy atom. The maximum Gasteiger partial charge on any atom is 0.0495 e. The molecule has 0 bridgehead atoms. The molecule has 1 fully saturated rings. The van der Waals surface area contributed by atoms with Crippen LogP contribution in [0.1, 0.15) is 41.1 Å². The standard InChI is InChI=1S/C16H25NO/c1-11-7-13(3)15(8-12(11)2)16(17-4)9-14-5-6-18-10-14/h7-8,14,16-17H,5-6,9-10H2,1-4H3. The van der Waals surface area contributed by atoms with E-state index >= 15 is 0 Å². The average Bonchev–Trinajstić information content (AvgIpc) is 2.84. The van der Waals surface area contributed by atoms with Crippen LogP contribution in [0.25, 0.3) is 0 Å². The third-order valence-electron chi connectivity index (χ3n) is 4.20. The van der Waals surface area contributed by atoms with Crippen molar-refractivity contribution in [3.8, 4) is 0 Å². The third kappa shape index (κ3) is 2.93. The molecular formula is C16H25NO. The lowest BCUT2D eigenvalue weighted by Crippen LogP contribution is -2.21. The summed E-state index contributed by atoms with van der Waals surface area (Å²) in [5, 5.41) is 3.48. The topological polar surface area (TPSA) is 21.3 Å². The van der Waals surface area contributed by atoms with E-state index in [4.69, 9.17) is 4.74 Å². The molecule has 2 heteroatoms. The quantitative estimate of drug-likeness (QED) is 0.881. The molecule has 1 aromatic carbocycles. The first-order valence-corrected chi connectivity index (χ1v) is 6.94. The summed E-state index contributed by atoms with van der Waals surface area (Å²) in [7, 11) is 2.06. The Hall–Kier alpha value is -0.860. The van der Waals surface area contributed by atoms with Crippen LogP contribution in [0.5, 0.6) is 0 Å². The molecule has 1 aliphatic heterocycles. The van der Waals surface area contributed by atoms with Crippen LogP contribution in [-0.4, -0.2) is 20.3 Å². The van der Waals surface area contributed by atoms with Gasteiger partial charge in [0.15, 0.2) is 0 Å². The molecule has 1 aromatic rings. The minimum Gasteiger partial charge on any atom is -0.381 e. The van der Waals surface area contributed by atoms with E-state index in [1.165, 1.54) is 35.1 Å². The SMILES string of the molecule is CNC(CC1CCOC1)c1cc(C)c(C)cc1C. The second-order valence-corrected chi connectivity index (χ2v) is 5.60. The van der Waals surface area contributed by atoms with Gasteiger partial charge in [0.25, 0.3) is 0 Å². The maximum absolute atomic E-state index is 5.48. The van der Waals surface area contributed by atoms with Gasteiger partial charge in [-0.1, -0.05) is 12.1 Å². The zero-order valence-corrected chi connectivity index (χ0v) is 12.0. The van der Waals surface area contributed by atoms with Gasteiger partial charge >= 0.3 is 0 Å². The number of benzene rings is 1. The first kappa shape index (κ1) is 13.6. The van der Waals surface area contributed by atoms with Crippen LogP contribution in [0.2, 0.25) is 0 Å². The van der Waals surface area contributed by atoms with Gasteiger partial charge in [0.1, 0.15) is 0 Å². The fraction of sp³-hybridized carbons (Fsp3) is 0.625. The second kappa shape index (κ2) is 5.85. The van der Waals surface area contributed by atoms with Crippen molar-refractivity contribution in [1.82, 2.24) is 5.32 Å². The molecule has 2 unspecified atom stereocenters. The van der Waals surface area contributed by atoms with Gasteiger partial charge in [-0.3, -0.25) is 0 Å². The van der Waals surface area contributed by atoms with Gasteiger partial charge in [0.2, 0.25) is 0 Å². The van der Waals surface area contributed by atoms with Gasteiger partial charge in [-0.2, -0.15) is 0 Å². The summed E-state index contributed by atoms with van der Waals surface area (Å²) in [6.07, 6.45) is 2.39. The molecule has 2 nitrogen and oxygen atoms in total. The van der Waals surface area contributed by atoms with E-state index in [-0.39, 0.29) is 0 Å². The van der Waals surface area contributed by atoms with Gasteiger partial charge in [-0.15, -0.1) is 0 Å². The summed E-state index contributed by atoms with van der Waals surface area (Å²) in [6, 6.07) is 5.11. The largest absolute Gasteiger partial charge is 0.381 e. The lowest BCUT2D eigenvalue weighted by Gasteiger charge is -2.22. The molecule has 2 rings (SSSR count). The number of hydrogen-bond acceptors (Lipinski definition) is 2. The number of aryl methyl sites for hydroxylation is 3. The van der Waals surface area contributed by atoms with Crippen molar-refractivity contribution in [3.63, 3.8) is 0 Å². The van der Waals surface area contributed by atoms with E-state index in [0.717, 1.165) is 13.2 Å². The number of rotatable bonds is 4. The Morgan fingerprint density at radius 3 is 2.56 bits per heavy atom. The van der Waals surface area contributed by atoms with Gasteiger partial charge < -0.3 is 10.1 Å². The van der Waals surface area contributed by atoms with E-state index < -0.39 is 0 Å². The van der Waals surface area contributed by atoms with E-state index in [1.54, 1.807) is 0 Å². The van der Waals surface area contributed by atoms with Crippen LogP contribution < -0.4 is 5.32 Å². The number of hydrogen-bond donors (Lipinski definition) is 1. The Balaban J connectivity index is 2.18. The molecule has 0 amide bonds. The monoisotopic (exact) mass is 247 g/mol. The van der Waals surface area contributed by atoms with Crippen molar-refractivity contribution in [1.29, 1.82) is 0 Å². The van der Waals surface area contributed by atoms with Crippen LogP contribution in [0.15, 0.2) is 12.1 Å². The molecule has 1 N–H and O–H groups in total. The zero-order valence-electron chi connectivity index (χ0n) is 12.0. The normalized spacial score (nSPS) is 21.2. The number of nitrogens with one attached hydrogen (secondary N) is 1. The van der Waals surface area contributed by atoms with Crippen molar-refractivity contribution < 1.29 is 4.74 Å². The van der Waals surface area contributed by atoms with E-state index in [9.17, 15) is 0 Å². The molecule has 0 spiro atoms. The third-order valence-corrected chi connectivity index (χ3v) is 4.20. The molecule has 0 aromatic heterocycles. The van der Waals surface area contributed by atoms with Crippen molar-refractivity contribution >= 4 is 0 Å². The Bertz CT molecular complexity index is 408. The Kier molecular flexibility index (Phi) is 4.41. The molecule has 0 aliphatic carbocycles. The molecule has 1 aliphatic rings. The Labute approximate surface area is 111 Å². The zero-order chi connectivity index (χ0) is 13.1. The van der Waals surface area contributed by atoms with Gasteiger partial charge in [-0.05, 0) is 68.8 Å². The highest BCUT2D eigenvalue weighted by atomic mass is 16.5. The molecule has 0 radical (unpaired) electrons. The summed E-state index contributed by atoms with van der Waals surface area (Å²) in [6.45, 7) is 8.47. The maximum atomic E-state index is 5.48. The highest BCUT2D eigenvalue weighted by Gasteiger charge is 2.22. The molecule has 1 saturated heterocycles. The van der Waals surface area contributed by atoms with Gasteiger partial charge in [0.05, 0.1) is 0 Å². The first-order valence-electron chi connectivity index (χ1n) is 6.94. The first-order chi connectivity index (χ1) is 8.61. The van der Waals surface area contributed by atoms with E-state index in [2.05, 4.69) is 45.3 Å². The Morgan fingerprint density at radius 2 is 1.94 bits per heavy atom. The van der Waals surface area contributed by atoms with Crippen molar-refractivity contribution in [2.75, 3.05) is 20.3 Å². The van der Waals surface area contributed by atoms with E-state index in [0.29, 0.717) is 12.0 Å². The summed E-state index contributed by atoms with van der Waals surface area (Å²) in [5.74, 6) is 0.712. The minimum absolute atomic E-state index is 0.455. The minimum atomic E-state index is 0.455. The molecule has 0 saturated carbocycles. The van der Waals surface area contributed by atoms with Crippen LogP contribution in [0.3, 0.4) is 0 Å². The van der Waals surface area contributed by atoms with Crippen molar-refractivity contribution in [2.45, 2.75) is 39.7 Å². The van der Waals surface area contributed by atoms with Crippen LogP contribution in [0.4, 0.5) is 0 Å². The van der Waals surface area contributed by atoms with Gasteiger partial charge in [0, 0.05) is 19.3 Å². The highest BCUT2D eigenvalue weighted by Crippen LogP contribution is 2.29. The predicted molar refractivity (Wildman–Crippen MR) is 76.0 cm³/mol. The summed E-state index contributed by atoms with van der Waals surface area (Å²) in [4.78, 5) is 0. The fourth-order valence-corrected chi connectivity index (χ4v) is 2.86.